The maximum atomic E-state index is 12.3. The molecule has 1 rings (SSSR count). The molecule has 1 N–H and O–H groups in total. The Labute approximate surface area is 115 Å². The van der Waals surface area contributed by atoms with Crippen LogP contribution in [-0.4, -0.2) is 54.3 Å². The van der Waals surface area contributed by atoms with E-state index < -0.39 is 21.6 Å². The Bertz CT molecular complexity index is 425. The first-order valence-corrected chi connectivity index (χ1v) is 8.03. The van der Waals surface area contributed by atoms with Gasteiger partial charge in [-0.25, -0.2) is 0 Å². The second kappa shape index (κ2) is 5.76. The van der Waals surface area contributed by atoms with E-state index in [9.17, 15) is 18.3 Å². The molecule has 0 aliphatic carbocycles. The van der Waals surface area contributed by atoms with Crippen molar-refractivity contribution in [2.75, 3.05) is 20.1 Å². The average molecular weight is 292 g/mol. The number of hydrogen-bond donors (Lipinski definition) is 1. The number of rotatable bonds is 5. The average Bonchev–Trinajstić information content (AvgIpc) is 2.37. The molecule has 7 heteroatoms. The van der Waals surface area contributed by atoms with Crippen molar-refractivity contribution >= 4 is 16.2 Å². The number of hydrogen-bond acceptors (Lipinski definition) is 3. The topological polar surface area (TPSA) is 77.9 Å². The molecule has 0 aromatic carbocycles. The van der Waals surface area contributed by atoms with Gasteiger partial charge >= 0.3 is 5.97 Å². The van der Waals surface area contributed by atoms with Crippen molar-refractivity contribution in [3.63, 3.8) is 0 Å². The predicted molar refractivity (Wildman–Crippen MR) is 73.0 cm³/mol. The molecular weight excluding hydrogens is 268 g/mol. The fourth-order valence-corrected chi connectivity index (χ4v) is 3.85. The molecule has 6 nitrogen and oxygen atoms in total. The van der Waals surface area contributed by atoms with Crippen LogP contribution in [0.25, 0.3) is 0 Å². The maximum Gasteiger partial charge on any atom is 0.309 e. The van der Waals surface area contributed by atoms with Gasteiger partial charge in [0.15, 0.2) is 0 Å². The van der Waals surface area contributed by atoms with Gasteiger partial charge in [-0.3, -0.25) is 4.79 Å². The van der Waals surface area contributed by atoms with Crippen LogP contribution in [0.15, 0.2) is 0 Å². The monoisotopic (exact) mass is 292 g/mol. The Morgan fingerprint density at radius 1 is 1.37 bits per heavy atom. The molecular formula is C12H24N2O4S. The van der Waals surface area contributed by atoms with Gasteiger partial charge in [-0.15, -0.1) is 0 Å². The summed E-state index contributed by atoms with van der Waals surface area (Å²) in [4.78, 5) is 11.3. The summed E-state index contributed by atoms with van der Waals surface area (Å²) in [7, 11) is -1.92. The summed E-state index contributed by atoms with van der Waals surface area (Å²) in [6.07, 6.45) is 1.30. The third kappa shape index (κ3) is 3.09. The fraction of sp³-hybridized carbons (Fsp3) is 0.917. The number of aliphatic carboxylic acids is 1. The van der Waals surface area contributed by atoms with Crippen molar-refractivity contribution in [3.05, 3.63) is 0 Å². The van der Waals surface area contributed by atoms with E-state index in [-0.39, 0.29) is 19.1 Å². The molecule has 0 unspecified atom stereocenters. The molecule has 0 radical (unpaired) electrons. The maximum absolute atomic E-state index is 12.3. The molecule has 0 aromatic rings. The molecule has 112 valence electrons. The molecule has 1 aliphatic rings. The molecule has 19 heavy (non-hydrogen) atoms. The standard InChI is InChI=1S/C12H24N2O4S/c1-5-12(11(15)16)6-8-14(9-7-12)19(17,18)13(4)10(2)3/h10H,5-9H2,1-4H3,(H,15,16). The van der Waals surface area contributed by atoms with Gasteiger partial charge < -0.3 is 5.11 Å². The lowest BCUT2D eigenvalue weighted by Gasteiger charge is -2.39. The number of carbonyl (C=O) groups is 1. The SMILES string of the molecule is CCC1(C(=O)O)CCN(S(=O)(=O)N(C)C(C)C)CC1. The number of carboxylic acid groups (broad SMARTS) is 1. The highest BCUT2D eigenvalue weighted by Crippen LogP contribution is 2.36. The number of nitrogens with zero attached hydrogens (tertiary/aromatic N) is 2. The second-order valence-corrected chi connectivity index (χ2v) is 7.44. The zero-order valence-corrected chi connectivity index (χ0v) is 12.9. The highest BCUT2D eigenvalue weighted by atomic mass is 32.2. The zero-order chi connectivity index (χ0) is 14.8. The molecule has 1 aliphatic heterocycles. The summed E-state index contributed by atoms with van der Waals surface area (Å²) in [5, 5.41) is 9.30. The molecule has 0 bridgehead atoms. The lowest BCUT2D eigenvalue weighted by molar-refractivity contribution is -0.151. The summed E-state index contributed by atoms with van der Waals surface area (Å²) in [5.41, 5.74) is -0.761. The van der Waals surface area contributed by atoms with Crippen molar-refractivity contribution in [3.8, 4) is 0 Å². The van der Waals surface area contributed by atoms with Crippen molar-refractivity contribution < 1.29 is 18.3 Å². The van der Waals surface area contributed by atoms with Crippen molar-refractivity contribution in [1.29, 1.82) is 0 Å². The van der Waals surface area contributed by atoms with Gasteiger partial charge in [-0.1, -0.05) is 6.92 Å². The molecule has 0 amide bonds. The smallest absolute Gasteiger partial charge is 0.309 e. The van der Waals surface area contributed by atoms with Gasteiger partial charge in [-0.2, -0.15) is 17.0 Å². The van der Waals surface area contributed by atoms with E-state index in [1.165, 1.54) is 8.61 Å². The summed E-state index contributed by atoms with van der Waals surface area (Å²) < 4.78 is 27.3. The largest absolute Gasteiger partial charge is 0.481 e. The lowest BCUT2D eigenvalue weighted by Crippen LogP contribution is -2.51. The Morgan fingerprint density at radius 3 is 2.16 bits per heavy atom. The summed E-state index contributed by atoms with van der Waals surface area (Å²) in [5.74, 6) is -0.815. The van der Waals surface area contributed by atoms with E-state index in [1.54, 1.807) is 7.05 Å². The van der Waals surface area contributed by atoms with Crippen LogP contribution in [0.5, 0.6) is 0 Å². The first-order valence-electron chi connectivity index (χ1n) is 6.64. The van der Waals surface area contributed by atoms with E-state index in [1.807, 2.05) is 20.8 Å². The van der Waals surface area contributed by atoms with Crippen molar-refractivity contribution in [2.45, 2.75) is 46.1 Å². The Morgan fingerprint density at radius 2 is 1.84 bits per heavy atom. The summed E-state index contributed by atoms with van der Waals surface area (Å²) >= 11 is 0. The number of carboxylic acids is 1. The van der Waals surface area contributed by atoms with E-state index in [2.05, 4.69) is 0 Å². The van der Waals surface area contributed by atoms with Gasteiger partial charge in [0.1, 0.15) is 0 Å². The summed E-state index contributed by atoms with van der Waals surface area (Å²) in [6, 6.07) is -0.109. The molecule has 1 heterocycles. The minimum absolute atomic E-state index is 0.109. The first kappa shape index (κ1) is 16.4. The molecule has 0 saturated carbocycles. The molecule has 0 atom stereocenters. The zero-order valence-electron chi connectivity index (χ0n) is 12.1. The van der Waals surface area contributed by atoms with Crippen LogP contribution in [0.2, 0.25) is 0 Å². The summed E-state index contributed by atoms with van der Waals surface area (Å²) in [6.45, 7) is 6.03. The quantitative estimate of drug-likeness (QED) is 0.824. The fourth-order valence-electron chi connectivity index (χ4n) is 2.31. The second-order valence-electron chi connectivity index (χ2n) is 5.46. The van der Waals surface area contributed by atoms with Gasteiger partial charge in [0.25, 0.3) is 10.2 Å². The molecule has 1 fully saturated rings. The minimum Gasteiger partial charge on any atom is -0.481 e. The van der Waals surface area contributed by atoms with Crippen LogP contribution in [0, 0.1) is 5.41 Å². The first-order chi connectivity index (χ1) is 8.67. The molecule has 0 aromatic heterocycles. The lowest BCUT2D eigenvalue weighted by atomic mass is 9.77. The van der Waals surface area contributed by atoms with Gasteiger partial charge in [0, 0.05) is 26.2 Å². The third-order valence-corrected chi connectivity index (χ3v) is 6.39. The van der Waals surface area contributed by atoms with Crippen LogP contribution < -0.4 is 0 Å². The van der Waals surface area contributed by atoms with E-state index in [0.717, 1.165) is 0 Å². The van der Waals surface area contributed by atoms with Crippen LogP contribution in [0.1, 0.15) is 40.0 Å². The van der Waals surface area contributed by atoms with Crippen molar-refractivity contribution in [1.82, 2.24) is 8.61 Å². The predicted octanol–water partition coefficient (Wildman–Crippen LogP) is 1.15. The number of piperidine rings is 1. The van der Waals surface area contributed by atoms with Crippen LogP contribution >= 0.6 is 0 Å². The Hall–Kier alpha value is -0.660. The van der Waals surface area contributed by atoms with Gasteiger partial charge in [0.2, 0.25) is 0 Å². The van der Waals surface area contributed by atoms with E-state index in [4.69, 9.17) is 0 Å². The minimum atomic E-state index is -3.47. The van der Waals surface area contributed by atoms with Crippen LogP contribution in [0.3, 0.4) is 0 Å². The Balaban J connectivity index is 2.81. The highest BCUT2D eigenvalue weighted by molar-refractivity contribution is 7.86. The van der Waals surface area contributed by atoms with Crippen LogP contribution in [-0.2, 0) is 15.0 Å². The molecule has 1 saturated heterocycles. The van der Waals surface area contributed by atoms with E-state index >= 15 is 0 Å². The Kier molecular flexibility index (Phi) is 4.97. The highest BCUT2D eigenvalue weighted by Gasteiger charge is 2.43. The molecule has 0 spiro atoms. The van der Waals surface area contributed by atoms with Gasteiger partial charge in [-0.05, 0) is 33.1 Å². The van der Waals surface area contributed by atoms with Gasteiger partial charge in [0.05, 0.1) is 5.41 Å². The third-order valence-electron chi connectivity index (χ3n) is 4.23. The van der Waals surface area contributed by atoms with E-state index in [0.29, 0.717) is 19.3 Å². The normalized spacial score (nSPS) is 20.9. The van der Waals surface area contributed by atoms with Crippen molar-refractivity contribution in [2.24, 2.45) is 5.41 Å². The van der Waals surface area contributed by atoms with Crippen LogP contribution in [0.4, 0.5) is 0 Å².